The van der Waals surface area contributed by atoms with Gasteiger partial charge in [-0.05, 0) is 49.9 Å². The van der Waals surface area contributed by atoms with Gasteiger partial charge in [-0.15, -0.1) is 0 Å². The highest BCUT2D eigenvalue weighted by atomic mass is 35.7. The minimum absolute atomic E-state index is 0.0843. The van der Waals surface area contributed by atoms with Gasteiger partial charge in [0.25, 0.3) is 9.05 Å². The van der Waals surface area contributed by atoms with Crippen molar-refractivity contribution in [1.29, 1.82) is 5.26 Å². The zero-order valence-electron chi connectivity index (χ0n) is 10.9. The molecule has 0 fully saturated rings. The Morgan fingerprint density at radius 3 is 2.32 bits per heavy atom. The predicted octanol–water partition coefficient (Wildman–Crippen LogP) is 3.30. The summed E-state index contributed by atoms with van der Waals surface area (Å²) in [7, 11) is 1.60. The van der Waals surface area contributed by atoms with Crippen LogP contribution in [-0.2, 0) is 9.05 Å². The zero-order chi connectivity index (χ0) is 14.5. The summed E-state index contributed by atoms with van der Waals surface area (Å²) in [5, 5.41) is 8.42. The number of nitriles is 1. The van der Waals surface area contributed by atoms with E-state index in [-0.39, 0.29) is 4.90 Å². The fourth-order valence-corrected chi connectivity index (χ4v) is 2.66. The molecule has 0 saturated heterocycles. The highest BCUT2D eigenvalue weighted by molar-refractivity contribution is 8.13. The molecule has 19 heavy (non-hydrogen) atoms. The second kappa shape index (κ2) is 6.78. The normalized spacial score (nSPS) is 11.1. The zero-order valence-corrected chi connectivity index (χ0v) is 12.5. The molecule has 0 aromatic heterocycles. The van der Waals surface area contributed by atoms with E-state index < -0.39 is 9.05 Å². The smallest absolute Gasteiger partial charge is 0.261 e. The number of ether oxygens (including phenoxy) is 1. The van der Waals surface area contributed by atoms with E-state index in [4.69, 9.17) is 20.7 Å². The predicted molar refractivity (Wildman–Crippen MR) is 73.9 cm³/mol. The molecule has 6 heteroatoms. The Morgan fingerprint density at radius 2 is 1.84 bits per heavy atom. The van der Waals surface area contributed by atoms with Gasteiger partial charge in [-0.1, -0.05) is 0 Å². The quantitative estimate of drug-likeness (QED) is 0.597. The van der Waals surface area contributed by atoms with Crippen molar-refractivity contribution in [2.24, 2.45) is 0 Å². The van der Waals surface area contributed by atoms with Gasteiger partial charge in [-0.2, -0.15) is 5.26 Å². The van der Waals surface area contributed by atoms with Crippen LogP contribution < -0.4 is 4.74 Å². The minimum atomic E-state index is -3.72. The van der Waals surface area contributed by atoms with Crippen molar-refractivity contribution < 1.29 is 13.2 Å². The molecule has 0 saturated carbocycles. The van der Waals surface area contributed by atoms with Crippen LogP contribution >= 0.6 is 10.7 Å². The molecule has 0 aliphatic heterocycles. The molecule has 0 bridgehead atoms. The van der Waals surface area contributed by atoms with Gasteiger partial charge in [0.2, 0.25) is 0 Å². The van der Waals surface area contributed by atoms with Crippen molar-refractivity contribution >= 4 is 19.7 Å². The lowest BCUT2D eigenvalue weighted by molar-refractivity contribution is 0.303. The Balaban J connectivity index is 2.79. The minimum Gasteiger partial charge on any atom is -0.493 e. The maximum Gasteiger partial charge on any atom is 0.261 e. The molecular weight excluding hydrogens is 286 g/mol. The summed E-state index contributed by atoms with van der Waals surface area (Å²) in [4.78, 5) is 0.0843. The number of benzene rings is 1. The number of hydrogen-bond donors (Lipinski definition) is 0. The molecule has 1 rings (SSSR count). The maximum atomic E-state index is 11.3. The third-order valence-electron chi connectivity index (χ3n) is 2.64. The van der Waals surface area contributed by atoms with Gasteiger partial charge in [-0.3, -0.25) is 0 Å². The fourth-order valence-electron chi connectivity index (χ4n) is 1.76. The van der Waals surface area contributed by atoms with Crippen LogP contribution in [0.15, 0.2) is 17.0 Å². The molecule has 0 aliphatic carbocycles. The van der Waals surface area contributed by atoms with Crippen LogP contribution in [0.3, 0.4) is 0 Å². The van der Waals surface area contributed by atoms with Crippen molar-refractivity contribution in [2.75, 3.05) is 6.61 Å². The summed E-state index contributed by atoms with van der Waals surface area (Å²) in [5.41, 5.74) is 1.47. The molecule has 104 valence electrons. The molecule has 0 spiro atoms. The maximum absolute atomic E-state index is 11.3. The van der Waals surface area contributed by atoms with Crippen molar-refractivity contribution in [3.63, 3.8) is 0 Å². The monoisotopic (exact) mass is 301 g/mol. The van der Waals surface area contributed by atoms with Gasteiger partial charge in [0.15, 0.2) is 0 Å². The van der Waals surface area contributed by atoms with Crippen molar-refractivity contribution in [2.45, 2.75) is 38.0 Å². The standard InChI is InChI=1S/C13H16ClNO3S/c1-10-8-12(19(14,16)17)9-11(2)13(10)18-7-5-3-4-6-15/h8-9H,3-5,7H2,1-2H3. The fraction of sp³-hybridized carbons (Fsp3) is 0.462. The van der Waals surface area contributed by atoms with Gasteiger partial charge < -0.3 is 4.74 Å². The molecule has 0 atom stereocenters. The summed E-state index contributed by atoms with van der Waals surface area (Å²) in [6.07, 6.45) is 2.11. The molecule has 0 amide bonds. The van der Waals surface area contributed by atoms with Gasteiger partial charge in [0.1, 0.15) is 5.75 Å². The highest BCUT2D eigenvalue weighted by Gasteiger charge is 2.14. The largest absolute Gasteiger partial charge is 0.493 e. The summed E-state index contributed by atoms with van der Waals surface area (Å²) in [6.45, 7) is 4.07. The number of rotatable bonds is 6. The molecular formula is C13H16ClNO3S. The molecule has 0 heterocycles. The highest BCUT2D eigenvalue weighted by Crippen LogP contribution is 2.28. The summed E-state index contributed by atoms with van der Waals surface area (Å²) < 4.78 is 28.2. The van der Waals surface area contributed by atoms with E-state index in [0.29, 0.717) is 18.8 Å². The molecule has 0 N–H and O–H groups in total. The van der Waals surface area contributed by atoms with E-state index in [1.165, 1.54) is 12.1 Å². The van der Waals surface area contributed by atoms with Crippen LogP contribution in [-0.4, -0.2) is 15.0 Å². The Hall–Kier alpha value is -1.25. The van der Waals surface area contributed by atoms with Crippen molar-refractivity contribution in [3.8, 4) is 11.8 Å². The van der Waals surface area contributed by atoms with Crippen molar-refractivity contribution in [3.05, 3.63) is 23.3 Å². The summed E-state index contributed by atoms with van der Waals surface area (Å²) >= 11 is 0. The number of aryl methyl sites for hydroxylation is 2. The third kappa shape index (κ3) is 4.73. The molecule has 0 radical (unpaired) electrons. The first-order valence-electron chi connectivity index (χ1n) is 5.92. The van der Waals surface area contributed by atoms with Crippen LogP contribution in [0.5, 0.6) is 5.75 Å². The van der Waals surface area contributed by atoms with E-state index in [1.807, 2.05) is 0 Å². The number of halogens is 1. The second-order valence-corrected chi connectivity index (χ2v) is 6.85. The van der Waals surface area contributed by atoms with E-state index in [2.05, 4.69) is 6.07 Å². The first-order valence-corrected chi connectivity index (χ1v) is 8.23. The summed E-state index contributed by atoms with van der Waals surface area (Å²) in [5.74, 6) is 0.682. The van der Waals surface area contributed by atoms with E-state index in [1.54, 1.807) is 13.8 Å². The molecule has 1 aromatic rings. The lowest BCUT2D eigenvalue weighted by atomic mass is 10.1. The van der Waals surface area contributed by atoms with Crippen LogP contribution in [0.1, 0.15) is 30.4 Å². The van der Waals surface area contributed by atoms with Gasteiger partial charge in [0, 0.05) is 17.1 Å². The lowest BCUT2D eigenvalue weighted by Gasteiger charge is -2.13. The van der Waals surface area contributed by atoms with Gasteiger partial charge in [-0.25, -0.2) is 8.42 Å². The first-order chi connectivity index (χ1) is 8.86. The van der Waals surface area contributed by atoms with E-state index in [0.717, 1.165) is 24.0 Å². The average Bonchev–Trinajstić information content (AvgIpc) is 2.30. The van der Waals surface area contributed by atoms with Gasteiger partial charge in [0.05, 0.1) is 17.6 Å². The lowest BCUT2D eigenvalue weighted by Crippen LogP contribution is -2.02. The third-order valence-corrected chi connectivity index (χ3v) is 3.98. The van der Waals surface area contributed by atoms with Crippen LogP contribution in [0.2, 0.25) is 0 Å². The number of unbranched alkanes of at least 4 members (excludes halogenated alkanes) is 2. The number of hydrogen-bond acceptors (Lipinski definition) is 4. The molecule has 0 aliphatic rings. The average molecular weight is 302 g/mol. The summed E-state index contributed by atoms with van der Waals surface area (Å²) in [6, 6.07) is 5.08. The Kier molecular flexibility index (Phi) is 5.64. The SMILES string of the molecule is Cc1cc(S(=O)(=O)Cl)cc(C)c1OCCCCC#N. The van der Waals surface area contributed by atoms with Crippen LogP contribution in [0, 0.1) is 25.2 Å². The molecule has 0 unspecified atom stereocenters. The van der Waals surface area contributed by atoms with E-state index >= 15 is 0 Å². The van der Waals surface area contributed by atoms with Crippen LogP contribution in [0.25, 0.3) is 0 Å². The first kappa shape index (κ1) is 15.8. The second-order valence-electron chi connectivity index (χ2n) is 4.29. The number of nitrogens with zero attached hydrogens (tertiary/aromatic N) is 1. The topological polar surface area (TPSA) is 67.2 Å². The molecule has 1 aromatic carbocycles. The van der Waals surface area contributed by atoms with E-state index in [9.17, 15) is 8.42 Å². The van der Waals surface area contributed by atoms with Gasteiger partial charge >= 0.3 is 0 Å². The van der Waals surface area contributed by atoms with Crippen LogP contribution in [0.4, 0.5) is 0 Å². The Morgan fingerprint density at radius 1 is 1.26 bits per heavy atom. The Bertz CT molecular complexity index is 567. The Labute approximate surface area is 118 Å². The molecule has 4 nitrogen and oxygen atoms in total. The van der Waals surface area contributed by atoms with Crippen molar-refractivity contribution in [1.82, 2.24) is 0 Å².